The summed E-state index contributed by atoms with van der Waals surface area (Å²) in [6.07, 6.45) is 2.32. The van der Waals surface area contributed by atoms with Gasteiger partial charge in [-0.3, -0.25) is 0 Å². The van der Waals surface area contributed by atoms with Crippen molar-refractivity contribution in [2.45, 2.75) is 0 Å². The fourth-order valence-electron chi connectivity index (χ4n) is 1.24. The van der Waals surface area contributed by atoms with E-state index in [1.807, 2.05) is 0 Å². The van der Waals surface area contributed by atoms with Gasteiger partial charge in [0.2, 0.25) is 0 Å². The summed E-state index contributed by atoms with van der Waals surface area (Å²) in [7, 11) is 2.85. The van der Waals surface area contributed by atoms with Crippen molar-refractivity contribution >= 4 is 12.0 Å². The van der Waals surface area contributed by atoms with E-state index in [1.54, 1.807) is 0 Å². The van der Waals surface area contributed by atoms with Gasteiger partial charge in [0, 0.05) is 18.2 Å². The first-order valence-electron chi connectivity index (χ1n) is 4.44. The minimum absolute atomic E-state index is 0.0128. The summed E-state index contributed by atoms with van der Waals surface area (Å²) in [6.45, 7) is 0. The Morgan fingerprint density at radius 2 is 1.75 bits per heavy atom. The molecule has 0 aliphatic heterocycles. The SMILES string of the molecule is COc1cc(O)cc(OC)c1/C=C/C(=O)O. The van der Waals surface area contributed by atoms with Crippen LogP contribution in [0.4, 0.5) is 0 Å². The molecule has 0 bridgehead atoms. The Kier molecular flexibility index (Phi) is 3.77. The van der Waals surface area contributed by atoms with Gasteiger partial charge in [0.15, 0.2) is 0 Å². The van der Waals surface area contributed by atoms with Crippen LogP contribution in [-0.4, -0.2) is 30.4 Å². The van der Waals surface area contributed by atoms with Crippen LogP contribution in [0.5, 0.6) is 17.2 Å². The van der Waals surface area contributed by atoms with Gasteiger partial charge in [-0.05, 0) is 6.08 Å². The van der Waals surface area contributed by atoms with Gasteiger partial charge >= 0.3 is 5.97 Å². The third-order valence-corrected chi connectivity index (χ3v) is 1.92. The van der Waals surface area contributed by atoms with E-state index in [4.69, 9.17) is 14.6 Å². The Hall–Kier alpha value is -2.17. The molecular formula is C11H12O5. The largest absolute Gasteiger partial charge is 0.508 e. The first kappa shape index (κ1) is 11.9. The van der Waals surface area contributed by atoms with Crippen LogP contribution in [0.2, 0.25) is 0 Å². The van der Waals surface area contributed by atoms with Gasteiger partial charge in [0.25, 0.3) is 0 Å². The number of phenolic OH excluding ortho intramolecular Hbond substituents is 1. The highest BCUT2D eigenvalue weighted by Crippen LogP contribution is 2.34. The zero-order chi connectivity index (χ0) is 12.1. The number of methoxy groups -OCH3 is 2. The number of rotatable bonds is 4. The number of carbonyl (C=O) groups is 1. The topological polar surface area (TPSA) is 76.0 Å². The fourth-order valence-corrected chi connectivity index (χ4v) is 1.24. The fraction of sp³-hybridized carbons (Fsp3) is 0.182. The molecule has 0 aliphatic rings. The van der Waals surface area contributed by atoms with Crippen LogP contribution in [0.1, 0.15) is 5.56 Å². The predicted octanol–water partition coefficient (Wildman–Crippen LogP) is 1.51. The highest BCUT2D eigenvalue weighted by atomic mass is 16.5. The second kappa shape index (κ2) is 5.06. The maximum atomic E-state index is 10.4. The molecule has 0 saturated carbocycles. The molecule has 0 aliphatic carbocycles. The molecular weight excluding hydrogens is 212 g/mol. The molecule has 5 nitrogen and oxygen atoms in total. The highest BCUT2D eigenvalue weighted by Gasteiger charge is 2.09. The van der Waals surface area contributed by atoms with Gasteiger partial charge in [0.1, 0.15) is 17.2 Å². The number of ether oxygens (including phenoxy) is 2. The molecule has 0 amide bonds. The number of hydrogen-bond acceptors (Lipinski definition) is 4. The standard InChI is InChI=1S/C11H12O5/c1-15-9-5-7(12)6-10(16-2)8(9)3-4-11(13)14/h3-6,12H,1-2H3,(H,13,14)/b4-3+. The molecule has 0 atom stereocenters. The monoisotopic (exact) mass is 224 g/mol. The number of aliphatic carboxylic acids is 1. The summed E-state index contributed by atoms with van der Waals surface area (Å²) in [5, 5.41) is 17.9. The van der Waals surface area contributed by atoms with Crippen molar-refractivity contribution in [1.29, 1.82) is 0 Å². The first-order valence-corrected chi connectivity index (χ1v) is 4.44. The molecule has 86 valence electrons. The zero-order valence-corrected chi connectivity index (χ0v) is 8.93. The molecule has 2 N–H and O–H groups in total. The lowest BCUT2D eigenvalue weighted by atomic mass is 10.1. The van der Waals surface area contributed by atoms with E-state index in [-0.39, 0.29) is 5.75 Å². The number of phenols is 1. The van der Waals surface area contributed by atoms with Crippen molar-refractivity contribution in [3.63, 3.8) is 0 Å². The smallest absolute Gasteiger partial charge is 0.328 e. The Labute approximate surface area is 92.5 Å². The third kappa shape index (κ3) is 2.66. The van der Waals surface area contributed by atoms with E-state index in [2.05, 4.69) is 0 Å². The molecule has 0 radical (unpaired) electrons. The lowest BCUT2D eigenvalue weighted by molar-refractivity contribution is -0.131. The summed E-state index contributed by atoms with van der Waals surface area (Å²) < 4.78 is 10.0. The summed E-state index contributed by atoms with van der Waals surface area (Å²) >= 11 is 0. The molecule has 1 aromatic rings. The Balaban J connectivity index is 3.27. The normalized spacial score (nSPS) is 10.4. The molecule has 0 unspecified atom stereocenters. The summed E-state index contributed by atoms with van der Waals surface area (Å²) in [6, 6.07) is 2.76. The quantitative estimate of drug-likeness (QED) is 0.758. The predicted molar refractivity (Wildman–Crippen MR) is 57.9 cm³/mol. The van der Waals surface area contributed by atoms with Crippen LogP contribution >= 0.6 is 0 Å². The van der Waals surface area contributed by atoms with Crippen LogP contribution in [-0.2, 0) is 4.79 Å². The average Bonchev–Trinajstić information content (AvgIpc) is 2.25. The molecule has 0 spiro atoms. The molecule has 1 aromatic carbocycles. The van der Waals surface area contributed by atoms with Gasteiger partial charge in [-0.2, -0.15) is 0 Å². The van der Waals surface area contributed by atoms with E-state index < -0.39 is 5.97 Å². The van der Waals surface area contributed by atoms with E-state index >= 15 is 0 Å². The van der Waals surface area contributed by atoms with E-state index in [1.165, 1.54) is 32.4 Å². The summed E-state index contributed by atoms with van der Waals surface area (Å²) in [5.41, 5.74) is 0.463. The third-order valence-electron chi connectivity index (χ3n) is 1.92. The second-order valence-corrected chi connectivity index (χ2v) is 2.94. The lowest BCUT2D eigenvalue weighted by Gasteiger charge is -2.10. The number of aromatic hydroxyl groups is 1. The maximum absolute atomic E-state index is 10.4. The van der Waals surface area contributed by atoms with Gasteiger partial charge in [-0.1, -0.05) is 0 Å². The van der Waals surface area contributed by atoms with Crippen LogP contribution in [0.25, 0.3) is 6.08 Å². The molecule has 5 heteroatoms. The summed E-state index contributed by atoms with van der Waals surface area (Å²) in [4.78, 5) is 10.4. The van der Waals surface area contributed by atoms with Crippen LogP contribution < -0.4 is 9.47 Å². The van der Waals surface area contributed by atoms with Gasteiger partial charge in [0.05, 0.1) is 19.8 Å². The number of hydrogen-bond donors (Lipinski definition) is 2. The van der Waals surface area contributed by atoms with Crippen LogP contribution in [0.15, 0.2) is 18.2 Å². The number of carboxylic acid groups (broad SMARTS) is 1. The van der Waals surface area contributed by atoms with Crippen molar-refractivity contribution in [3.8, 4) is 17.2 Å². The van der Waals surface area contributed by atoms with Crippen molar-refractivity contribution in [2.75, 3.05) is 14.2 Å². The maximum Gasteiger partial charge on any atom is 0.328 e. The van der Waals surface area contributed by atoms with Crippen molar-refractivity contribution in [2.24, 2.45) is 0 Å². The lowest BCUT2D eigenvalue weighted by Crippen LogP contribution is -1.93. The van der Waals surface area contributed by atoms with E-state index in [0.717, 1.165) is 6.08 Å². The minimum atomic E-state index is -1.07. The van der Waals surface area contributed by atoms with Gasteiger partial charge in [-0.25, -0.2) is 4.79 Å². The molecule has 1 rings (SSSR count). The highest BCUT2D eigenvalue weighted by molar-refractivity contribution is 5.87. The van der Waals surface area contributed by atoms with Crippen molar-refractivity contribution in [3.05, 3.63) is 23.8 Å². The minimum Gasteiger partial charge on any atom is -0.508 e. The second-order valence-electron chi connectivity index (χ2n) is 2.94. The molecule has 0 heterocycles. The van der Waals surface area contributed by atoms with Crippen molar-refractivity contribution < 1.29 is 24.5 Å². The van der Waals surface area contributed by atoms with Gasteiger partial charge in [-0.15, -0.1) is 0 Å². The first-order chi connectivity index (χ1) is 7.58. The zero-order valence-electron chi connectivity index (χ0n) is 8.93. The van der Waals surface area contributed by atoms with Crippen molar-refractivity contribution in [1.82, 2.24) is 0 Å². The molecule has 0 saturated heterocycles. The van der Waals surface area contributed by atoms with Crippen LogP contribution in [0, 0.1) is 0 Å². The summed E-state index contributed by atoms with van der Waals surface area (Å²) in [5.74, 6) is -0.401. The Morgan fingerprint density at radius 1 is 1.25 bits per heavy atom. The van der Waals surface area contributed by atoms with Crippen LogP contribution in [0.3, 0.4) is 0 Å². The molecule has 0 fully saturated rings. The number of carboxylic acids is 1. The van der Waals surface area contributed by atoms with E-state index in [9.17, 15) is 9.90 Å². The van der Waals surface area contributed by atoms with E-state index in [0.29, 0.717) is 17.1 Å². The Morgan fingerprint density at radius 3 is 2.12 bits per heavy atom. The molecule has 16 heavy (non-hydrogen) atoms. The number of benzene rings is 1. The Bertz CT molecular complexity index is 397. The molecule has 0 aromatic heterocycles. The van der Waals surface area contributed by atoms with Gasteiger partial charge < -0.3 is 19.7 Å². The average molecular weight is 224 g/mol.